The largest absolute Gasteiger partial charge is 0.467 e. The van der Waals surface area contributed by atoms with Crippen LogP contribution in [0.2, 0.25) is 5.02 Å². The normalized spacial score (nSPS) is 15.6. The Morgan fingerprint density at radius 3 is 2.68 bits per heavy atom. The molecule has 1 aliphatic rings. The third-order valence-corrected chi connectivity index (χ3v) is 6.91. The van der Waals surface area contributed by atoms with Crippen LogP contribution in [-0.2, 0) is 11.8 Å². The zero-order valence-electron chi connectivity index (χ0n) is 18.7. The van der Waals surface area contributed by atoms with E-state index in [2.05, 4.69) is 21.4 Å². The number of amides is 1. The number of aromatic nitrogens is 3. The molecule has 4 aromatic rings. The molecule has 0 radical (unpaired) electrons. The molecule has 172 valence electrons. The average molecular weight is 492 g/mol. The van der Waals surface area contributed by atoms with Gasteiger partial charge in [-0.2, -0.15) is 5.10 Å². The molecule has 2 aromatic carbocycles. The number of aryl methyl sites for hydroxylation is 1. The van der Waals surface area contributed by atoms with Crippen LogP contribution in [0.1, 0.15) is 29.3 Å². The van der Waals surface area contributed by atoms with E-state index in [0.29, 0.717) is 22.4 Å². The van der Waals surface area contributed by atoms with Crippen LogP contribution < -0.4 is 0 Å². The maximum Gasteiger partial charge on any atom is 0.253 e. The minimum atomic E-state index is -0.295. The summed E-state index contributed by atoms with van der Waals surface area (Å²) >= 11 is 7.37. The number of thioether (sulfide) groups is 1. The lowest BCUT2D eigenvalue weighted by Crippen LogP contribution is -2.28. The number of carbonyl (C=O) groups excluding carboxylic acids is 1. The third kappa shape index (κ3) is 4.51. The highest BCUT2D eigenvalue weighted by Crippen LogP contribution is 2.34. The molecule has 1 amide bonds. The summed E-state index contributed by atoms with van der Waals surface area (Å²) in [5, 5.41) is 16.1. The van der Waals surface area contributed by atoms with Crippen molar-refractivity contribution in [2.24, 2.45) is 12.1 Å². The smallest absolute Gasteiger partial charge is 0.253 e. The number of halogens is 1. The fourth-order valence-electron chi connectivity index (χ4n) is 3.93. The van der Waals surface area contributed by atoms with E-state index in [4.69, 9.17) is 16.0 Å². The summed E-state index contributed by atoms with van der Waals surface area (Å²) in [7, 11) is 1.91. The Hall–Kier alpha value is -3.36. The molecule has 1 atom stereocenters. The van der Waals surface area contributed by atoms with Crippen LogP contribution in [-0.4, -0.2) is 37.1 Å². The van der Waals surface area contributed by atoms with Gasteiger partial charge in [0.05, 0.1) is 17.7 Å². The van der Waals surface area contributed by atoms with Crippen molar-refractivity contribution in [3.63, 3.8) is 0 Å². The van der Waals surface area contributed by atoms with Crippen molar-refractivity contribution in [1.82, 2.24) is 19.8 Å². The van der Waals surface area contributed by atoms with Crippen LogP contribution in [0.4, 0.5) is 0 Å². The van der Waals surface area contributed by atoms with Crippen LogP contribution in [0.5, 0.6) is 0 Å². The summed E-state index contributed by atoms with van der Waals surface area (Å²) in [6.07, 6.45) is 2.17. The first kappa shape index (κ1) is 22.4. The van der Waals surface area contributed by atoms with Gasteiger partial charge in [0.1, 0.15) is 11.8 Å². The van der Waals surface area contributed by atoms with E-state index < -0.39 is 0 Å². The van der Waals surface area contributed by atoms with E-state index in [1.807, 2.05) is 73.1 Å². The van der Waals surface area contributed by atoms with E-state index in [1.165, 1.54) is 16.8 Å². The fourth-order valence-corrected chi connectivity index (χ4v) is 4.82. The van der Waals surface area contributed by atoms with Crippen LogP contribution in [0, 0.1) is 6.92 Å². The van der Waals surface area contributed by atoms with Crippen LogP contribution in [0.15, 0.2) is 81.6 Å². The Morgan fingerprint density at radius 1 is 1.12 bits per heavy atom. The number of hydrogen-bond acceptors (Lipinski definition) is 6. The first-order valence-electron chi connectivity index (χ1n) is 10.8. The van der Waals surface area contributed by atoms with Gasteiger partial charge in [0.15, 0.2) is 11.0 Å². The van der Waals surface area contributed by atoms with Gasteiger partial charge in [-0.15, -0.1) is 10.2 Å². The molecule has 34 heavy (non-hydrogen) atoms. The topological polar surface area (TPSA) is 76.5 Å². The standard InChI is InChI=1S/C25H22ClN5O2S/c1-16-5-3-6-18(13-16)24-27-28-25(30(24)2)34-15-23(32)31-21(22-7-4-12-33-22)14-20(29-31)17-8-10-19(26)11-9-17/h3-13,21H,14-15H2,1-2H3/t21-/m0/s1. The SMILES string of the molecule is Cc1cccc(-c2nnc(SCC(=O)N3N=C(c4ccc(Cl)cc4)C[C@H]3c3ccco3)n2C)c1. The van der Waals surface area contributed by atoms with Crippen LogP contribution >= 0.6 is 23.4 Å². The number of furan rings is 1. The van der Waals surface area contributed by atoms with Crippen molar-refractivity contribution >= 4 is 35.0 Å². The summed E-state index contributed by atoms with van der Waals surface area (Å²) in [6.45, 7) is 2.04. The number of rotatable bonds is 6. The van der Waals surface area contributed by atoms with E-state index in [0.717, 1.165) is 28.2 Å². The number of benzene rings is 2. The van der Waals surface area contributed by atoms with Crippen molar-refractivity contribution in [2.75, 3.05) is 5.75 Å². The van der Waals surface area contributed by atoms with Gasteiger partial charge in [0, 0.05) is 24.1 Å². The van der Waals surface area contributed by atoms with Gasteiger partial charge in [0.25, 0.3) is 5.91 Å². The number of hydrazone groups is 1. The summed E-state index contributed by atoms with van der Waals surface area (Å²) < 4.78 is 7.53. The zero-order valence-corrected chi connectivity index (χ0v) is 20.3. The summed E-state index contributed by atoms with van der Waals surface area (Å²) in [5.74, 6) is 1.51. The monoisotopic (exact) mass is 491 g/mol. The first-order valence-corrected chi connectivity index (χ1v) is 12.1. The van der Waals surface area contributed by atoms with Crippen molar-refractivity contribution in [3.05, 3.63) is 88.8 Å². The highest BCUT2D eigenvalue weighted by molar-refractivity contribution is 7.99. The Kier molecular flexibility index (Phi) is 6.26. The lowest BCUT2D eigenvalue weighted by Gasteiger charge is -2.19. The number of carbonyl (C=O) groups is 1. The van der Waals surface area contributed by atoms with Gasteiger partial charge in [-0.1, -0.05) is 59.3 Å². The van der Waals surface area contributed by atoms with Crippen molar-refractivity contribution in [1.29, 1.82) is 0 Å². The Bertz CT molecular complexity index is 1350. The average Bonchev–Trinajstić information content (AvgIpc) is 3.58. The van der Waals surface area contributed by atoms with Gasteiger partial charge in [-0.25, -0.2) is 5.01 Å². The Labute approximate surface area is 206 Å². The molecule has 7 nitrogen and oxygen atoms in total. The molecule has 1 aliphatic heterocycles. The second-order valence-electron chi connectivity index (χ2n) is 8.05. The predicted octanol–water partition coefficient (Wildman–Crippen LogP) is 5.51. The Morgan fingerprint density at radius 2 is 1.94 bits per heavy atom. The minimum Gasteiger partial charge on any atom is -0.467 e. The quantitative estimate of drug-likeness (QED) is 0.332. The van der Waals surface area contributed by atoms with E-state index in [1.54, 1.807) is 6.26 Å². The number of nitrogens with zero attached hydrogens (tertiary/aromatic N) is 5. The molecule has 5 rings (SSSR count). The molecule has 0 saturated carbocycles. The third-order valence-electron chi connectivity index (χ3n) is 5.65. The molecule has 3 heterocycles. The minimum absolute atomic E-state index is 0.129. The number of hydrogen-bond donors (Lipinski definition) is 0. The van der Waals surface area contributed by atoms with E-state index in [9.17, 15) is 4.79 Å². The van der Waals surface area contributed by atoms with Crippen LogP contribution in [0.25, 0.3) is 11.4 Å². The maximum absolute atomic E-state index is 13.3. The molecular weight excluding hydrogens is 470 g/mol. The Balaban J connectivity index is 1.35. The van der Waals surface area contributed by atoms with Crippen molar-refractivity contribution in [2.45, 2.75) is 24.5 Å². The second kappa shape index (κ2) is 9.48. The molecule has 0 spiro atoms. The van der Waals surface area contributed by atoms with Gasteiger partial charge in [-0.3, -0.25) is 4.79 Å². The highest BCUT2D eigenvalue weighted by Gasteiger charge is 2.35. The van der Waals surface area contributed by atoms with E-state index in [-0.39, 0.29) is 17.7 Å². The van der Waals surface area contributed by atoms with Gasteiger partial charge >= 0.3 is 0 Å². The molecule has 9 heteroatoms. The lowest BCUT2D eigenvalue weighted by molar-refractivity contribution is -0.130. The maximum atomic E-state index is 13.3. The van der Waals surface area contributed by atoms with Gasteiger partial charge in [0.2, 0.25) is 0 Å². The van der Waals surface area contributed by atoms with Crippen LogP contribution in [0.3, 0.4) is 0 Å². The second-order valence-corrected chi connectivity index (χ2v) is 9.43. The van der Waals surface area contributed by atoms with E-state index >= 15 is 0 Å². The molecule has 0 N–H and O–H groups in total. The van der Waals surface area contributed by atoms with Gasteiger partial charge < -0.3 is 8.98 Å². The zero-order chi connectivity index (χ0) is 23.7. The highest BCUT2D eigenvalue weighted by atomic mass is 35.5. The van der Waals surface area contributed by atoms with Crippen molar-refractivity contribution in [3.8, 4) is 11.4 Å². The summed E-state index contributed by atoms with van der Waals surface area (Å²) in [4.78, 5) is 13.3. The first-order chi connectivity index (χ1) is 16.5. The predicted molar refractivity (Wildman–Crippen MR) is 133 cm³/mol. The molecule has 2 aromatic heterocycles. The molecule has 0 unspecified atom stereocenters. The molecule has 0 saturated heterocycles. The summed E-state index contributed by atoms with van der Waals surface area (Å²) in [6, 6.07) is 19.0. The molecular formula is C25H22ClN5O2S. The fraction of sp³-hybridized carbons (Fsp3) is 0.200. The molecule has 0 fully saturated rings. The summed E-state index contributed by atoms with van der Waals surface area (Å²) in [5.41, 5.74) is 3.89. The molecule has 0 aliphatic carbocycles. The molecule has 0 bridgehead atoms. The lowest BCUT2D eigenvalue weighted by atomic mass is 10.0. The van der Waals surface area contributed by atoms with Crippen molar-refractivity contribution < 1.29 is 9.21 Å². The van der Waals surface area contributed by atoms with Gasteiger partial charge in [-0.05, 0) is 42.8 Å².